The van der Waals surface area contributed by atoms with Crippen LogP contribution in [-0.2, 0) is 0 Å². The Morgan fingerprint density at radius 1 is 1.79 bits per heavy atom. The molecule has 1 atom stereocenters. The number of hydrogen-bond acceptors (Lipinski definition) is 4. The van der Waals surface area contributed by atoms with Gasteiger partial charge in [-0.15, -0.1) is 11.3 Å². The second-order valence-electron chi connectivity index (χ2n) is 3.63. The number of nitrogens with one attached hydrogen (secondary N) is 1. The molecule has 0 bridgehead atoms. The molecular weight excluding hydrogens is 218 g/mol. The largest absolute Gasteiger partial charge is 0.350 e. The Kier molecular flexibility index (Phi) is 3.26. The molecule has 2 heterocycles. The van der Waals surface area contributed by atoms with E-state index in [1.807, 2.05) is 5.38 Å². The van der Waals surface area contributed by atoms with Gasteiger partial charge in [0.1, 0.15) is 5.15 Å². The number of thiazole rings is 1. The van der Waals surface area contributed by atoms with Crippen molar-refractivity contribution in [2.24, 2.45) is 0 Å². The third-order valence-electron chi connectivity index (χ3n) is 2.45. The summed E-state index contributed by atoms with van der Waals surface area (Å²) in [4.78, 5) is 6.40. The number of rotatable bonds is 3. The minimum atomic E-state index is 0.594. The predicted molar refractivity (Wildman–Crippen MR) is 61.4 cm³/mol. The van der Waals surface area contributed by atoms with E-state index in [1.165, 1.54) is 12.8 Å². The topological polar surface area (TPSA) is 28.2 Å². The smallest absolute Gasteiger partial charge is 0.186 e. The van der Waals surface area contributed by atoms with Gasteiger partial charge >= 0.3 is 0 Å². The van der Waals surface area contributed by atoms with Crippen LogP contribution in [-0.4, -0.2) is 31.2 Å². The minimum absolute atomic E-state index is 0.594. The van der Waals surface area contributed by atoms with Crippen LogP contribution in [0.3, 0.4) is 0 Å². The molecule has 5 heteroatoms. The van der Waals surface area contributed by atoms with Gasteiger partial charge in [-0.05, 0) is 19.4 Å². The maximum absolute atomic E-state index is 5.78. The highest BCUT2D eigenvalue weighted by Crippen LogP contribution is 2.22. The average Bonchev–Trinajstić information content (AvgIpc) is 2.75. The van der Waals surface area contributed by atoms with E-state index in [2.05, 4.69) is 22.2 Å². The van der Waals surface area contributed by atoms with Crippen molar-refractivity contribution in [2.45, 2.75) is 18.9 Å². The molecular formula is C9H14ClN3S. The summed E-state index contributed by atoms with van der Waals surface area (Å²) >= 11 is 7.37. The molecule has 1 N–H and O–H groups in total. The number of hydrogen-bond donors (Lipinski definition) is 1. The zero-order valence-corrected chi connectivity index (χ0v) is 9.74. The maximum atomic E-state index is 5.78. The van der Waals surface area contributed by atoms with E-state index in [9.17, 15) is 0 Å². The summed E-state index contributed by atoms with van der Waals surface area (Å²) in [6.45, 7) is 2.17. The van der Waals surface area contributed by atoms with E-state index in [-0.39, 0.29) is 0 Å². The molecule has 1 saturated heterocycles. The molecule has 1 unspecified atom stereocenters. The molecule has 0 aliphatic carbocycles. The summed E-state index contributed by atoms with van der Waals surface area (Å²) in [5.41, 5.74) is 0. The summed E-state index contributed by atoms with van der Waals surface area (Å²) < 4.78 is 0. The molecule has 1 aliphatic heterocycles. The normalized spacial score (nSPS) is 21.4. The first kappa shape index (κ1) is 10.2. The Bertz CT molecular complexity index is 296. The molecule has 78 valence electrons. The Morgan fingerprint density at radius 3 is 3.21 bits per heavy atom. The van der Waals surface area contributed by atoms with E-state index >= 15 is 0 Å². The molecule has 1 aliphatic rings. The van der Waals surface area contributed by atoms with Gasteiger partial charge in [0, 0.05) is 25.0 Å². The van der Waals surface area contributed by atoms with E-state index < -0.39 is 0 Å². The SMILES string of the molecule is CN(CC1CCCN1)c1nc(Cl)cs1. The van der Waals surface area contributed by atoms with Crippen LogP contribution in [0.2, 0.25) is 5.15 Å². The molecule has 0 aromatic carbocycles. The molecule has 1 fully saturated rings. The minimum Gasteiger partial charge on any atom is -0.350 e. The zero-order valence-electron chi connectivity index (χ0n) is 8.16. The number of halogens is 1. The van der Waals surface area contributed by atoms with Crippen LogP contribution in [0.15, 0.2) is 5.38 Å². The van der Waals surface area contributed by atoms with Crippen molar-refractivity contribution >= 4 is 28.1 Å². The number of anilines is 1. The lowest BCUT2D eigenvalue weighted by molar-refractivity contribution is 0.599. The van der Waals surface area contributed by atoms with Crippen molar-refractivity contribution < 1.29 is 0 Å². The fraction of sp³-hybridized carbons (Fsp3) is 0.667. The Morgan fingerprint density at radius 2 is 2.64 bits per heavy atom. The third-order valence-corrected chi connectivity index (χ3v) is 3.73. The summed E-state index contributed by atoms with van der Waals surface area (Å²) in [5.74, 6) is 0. The number of nitrogens with zero attached hydrogens (tertiary/aromatic N) is 2. The fourth-order valence-corrected chi connectivity index (χ4v) is 2.67. The first-order valence-corrected chi connectivity index (χ1v) is 6.07. The molecule has 14 heavy (non-hydrogen) atoms. The molecule has 0 saturated carbocycles. The molecule has 1 aromatic rings. The number of likely N-dealkylation sites (N-methyl/N-ethyl adjacent to an activating group) is 1. The van der Waals surface area contributed by atoms with Gasteiger partial charge in [-0.25, -0.2) is 4.98 Å². The van der Waals surface area contributed by atoms with E-state index in [4.69, 9.17) is 11.6 Å². The van der Waals surface area contributed by atoms with Gasteiger partial charge in [0.15, 0.2) is 5.13 Å². The van der Waals surface area contributed by atoms with Crippen LogP contribution in [0.25, 0.3) is 0 Å². The molecule has 0 radical (unpaired) electrons. The van der Waals surface area contributed by atoms with Crippen molar-refractivity contribution in [3.8, 4) is 0 Å². The van der Waals surface area contributed by atoms with E-state index in [0.717, 1.165) is 18.2 Å². The summed E-state index contributed by atoms with van der Waals surface area (Å²) in [5, 5.41) is 6.93. The van der Waals surface area contributed by atoms with Crippen LogP contribution >= 0.6 is 22.9 Å². The molecule has 1 aromatic heterocycles. The van der Waals surface area contributed by atoms with Crippen molar-refractivity contribution in [3.63, 3.8) is 0 Å². The van der Waals surface area contributed by atoms with Crippen molar-refractivity contribution in [1.29, 1.82) is 0 Å². The van der Waals surface area contributed by atoms with Gasteiger partial charge < -0.3 is 10.2 Å². The molecule has 0 spiro atoms. The number of aromatic nitrogens is 1. The van der Waals surface area contributed by atoms with Crippen molar-refractivity contribution in [1.82, 2.24) is 10.3 Å². The van der Waals surface area contributed by atoms with Gasteiger partial charge in [0.25, 0.3) is 0 Å². The molecule has 2 rings (SSSR count). The van der Waals surface area contributed by atoms with Gasteiger partial charge in [-0.3, -0.25) is 0 Å². The summed E-state index contributed by atoms with van der Waals surface area (Å²) in [7, 11) is 2.06. The third kappa shape index (κ3) is 2.38. The molecule has 0 amide bonds. The predicted octanol–water partition coefficient (Wildman–Crippen LogP) is 1.98. The van der Waals surface area contributed by atoms with Crippen LogP contribution in [0.5, 0.6) is 0 Å². The fourth-order valence-electron chi connectivity index (χ4n) is 1.74. The van der Waals surface area contributed by atoms with Crippen LogP contribution < -0.4 is 10.2 Å². The van der Waals surface area contributed by atoms with E-state index in [0.29, 0.717) is 11.2 Å². The average molecular weight is 232 g/mol. The lowest BCUT2D eigenvalue weighted by atomic mass is 10.2. The Labute approximate surface area is 93.1 Å². The van der Waals surface area contributed by atoms with Crippen LogP contribution in [0.1, 0.15) is 12.8 Å². The zero-order chi connectivity index (χ0) is 9.97. The highest BCUT2D eigenvalue weighted by Gasteiger charge is 2.17. The highest BCUT2D eigenvalue weighted by molar-refractivity contribution is 7.14. The maximum Gasteiger partial charge on any atom is 0.186 e. The van der Waals surface area contributed by atoms with Gasteiger partial charge in [0.2, 0.25) is 0 Å². The first-order valence-electron chi connectivity index (χ1n) is 4.81. The van der Waals surface area contributed by atoms with Crippen molar-refractivity contribution in [3.05, 3.63) is 10.5 Å². The van der Waals surface area contributed by atoms with Gasteiger partial charge in [0.05, 0.1) is 0 Å². The Hall–Kier alpha value is -0.320. The van der Waals surface area contributed by atoms with Crippen LogP contribution in [0.4, 0.5) is 5.13 Å². The quantitative estimate of drug-likeness (QED) is 0.863. The van der Waals surface area contributed by atoms with Gasteiger partial charge in [-0.2, -0.15) is 0 Å². The highest BCUT2D eigenvalue weighted by atomic mass is 35.5. The summed E-state index contributed by atoms with van der Waals surface area (Å²) in [6, 6.07) is 0.614. The van der Waals surface area contributed by atoms with Gasteiger partial charge in [-0.1, -0.05) is 11.6 Å². The Balaban J connectivity index is 1.91. The first-order chi connectivity index (χ1) is 6.75. The molecule has 3 nitrogen and oxygen atoms in total. The van der Waals surface area contributed by atoms with E-state index in [1.54, 1.807) is 11.3 Å². The standard InChI is InChI=1S/C9H14ClN3S/c1-13(5-7-3-2-4-11-7)9-12-8(10)6-14-9/h6-7,11H,2-5H2,1H3. The lowest BCUT2D eigenvalue weighted by Gasteiger charge is -2.20. The lowest BCUT2D eigenvalue weighted by Crippen LogP contribution is -2.35. The van der Waals surface area contributed by atoms with Crippen molar-refractivity contribution in [2.75, 3.05) is 25.0 Å². The second kappa shape index (κ2) is 4.47. The second-order valence-corrected chi connectivity index (χ2v) is 4.85. The summed E-state index contributed by atoms with van der Waals surface area (Å²) in [6.07, 6.45) is 2.56. The van der Waals surface area contributed by atoms with Crippen LogP contribution in [0, 0.1) is 0 Å². The monoisotopic (exact) mass is 231 g/mol.